The van der Waals surface area contributed by atoms with Gasteiger partial charge in [-0.2, -0.15) is 0 Å². The van der Waals surface area contributed by atoms with E-state index in [-0.39, 0.29) is 0 Å². The first-order valence-electron chi connectivity index (χ1n) is 5.76. The summed E-state index contributed by atoms with van der Waals surface area (Å²) in [6.45, 7) is 5.98. The Morgan fingerprint density at radius 3 is 2.93 bits per heavy atom. The topological polar surface area (TPSA) is 26.0 Å². The Morgan fingerprint density at radius 2 is 2.36 bits per heavy atom. The highest BCUT2D eigenvalue weighted by Gasteiger charge is 2.08. The van der Waals surface area contributed by atoms with Crippen LogP contribution in [0.15, 0.2) is 23.8 Å². The van der Waals surface area contributed by atoms with Crippen molar-refractivity contribution in [3.05, 3.63) is 23.8 Å². The Hall–Kier alpha value is -0.560. The molecule has 0 aromatic carbocycles. The van der Waals surface area contributed by atoms with Gasteiger partial charge in [-0.25, -0.2) is 0 Å². The Kier molecular flexibility index (Phi) is 4.95. The van der Waals surface area contributed by atoms with Crippen LogP contribution in [0.25, 0.3) is 0 Å². The first-order chi connectivity index (χ1) is 6.68. The van der Waals surface area contributed by atoms with Crippen LogP contribution >= 0.6 is 0 Å². The highest BCUT2D eigenvalue weighted by Crippen LogP contribution is 2.22. The van der Waals surface area contributed by atoms with Gasteiger partial charge in [-0.05, 0) is 51.9 Å². The Balaban J connectivity index is 2.21. The van der Waals surface area contributed by atoms with E-state index in [4.69, 9.17) is 5.73 Å². The molecule has 0 saturated carbocycles. The lowest BCUT2D eigenvalue weighted by atomic mass is 9.92. The lowest BCUT2D eigenvalue weighted by Crippen LogP contribution is -2.20. The van der Waals surface area contributed by atoms with E-state index in [0.29, 0.717) is 6.04 Å². The summed E-state index contributed by atoms with van der Waals surface area (Å²) in [6.07, 6.45) is 10.9. The second-order valence-corrected chi connectivity index (χ2v) is 4.57. The van der Waals surface area contributed by atoms with E-state index < -0.39 is 0 Å². The third kappa shape index (κ3) is 4.61. The van der Waals surface area contributed by atoms with Crippen molar-refractivity contribution in [3.63, 3.8) is 0 Å². The summed E-state index contributed by atoms with van der Waals surface area (Å²) in [5.74, 6) is 0. The van der Waals surface area contributed by atoms with Crippen LogP contribution in [-0.4, -0.2) is 6.04 Å². The van der Waals surface area contributed by atoms with Crippen molar-refractivity contribution in [2.45, 2.75) is 57.9 Å². The van der Waals surface area contributed by atoms with Gasteiger partial charge in [0.05, 0.1) is 0 Å². The molecule has 1 rings (SSSR count). The first kappa shape index (κ1) is 11.5. The van der Waals surface area contributed by atoms with E-state index in [9.17, 15) is 0 Å². The summed E-state index contributed by atoms with van der Waals surface area (Å²) in [6, 6.07) is 0.344. The molecule has 0 saturated heterocycles. The van der Waals surface area contributed by atoms with Gasteiger partial charge in [-0.1, -0.05) is 17.2 Å². The number of hydrogen-bond acceptors (Lipinski definition) is 1. The fourth-order valence-electron chi connectivity index (χ4n) is 1.96. The maximum atomic E-state index is 6.07. The van der Waals surface area contributed by atoms with Crippen LogP contribution < -0.4 is 5.73 Å². The van der Waals surface area contributed by atoms with Crippen LogP contribution in [0.4, 0.5) is 0 Å². The number of allylic oxidation sites excluding steroid dienone is 2. The molecule has 1 atom stereocenters. The van der Waals surface area contributed by atoms with Crippen molar-refractivity contribution in [1.82, 2.24) is 0 Å². The van der Waals surface area contributed by atoms with Crippen molar-refractivity contribution in [2.75, 3.05) is 0 Å². The molecule has 14 heavy (non-hydrogen) atoms. The van der Waals surface area contributed by atoms with E-state index in [0.717, 1.165) is 19.3 Å². The summed E-state index contributed by atoms with van der Waals surface area (Å²) in [5.41, 5.74) is 8.91. The van der Waals surface area contributed by atoms with Crippen molar-refractivity contribution in [1.29, 1.82) is 0 Å². The molecule has 0 bridgehead atoms. The lowest BCUT2D eigenvalue weighted by Gasteiger charge is -2.17. The molecule has 1 nitrogen and oxygen atoms in total. The average Bonchev–Trinajstić information content (AvgIpc) is 2.16. The molecule has 0 spiro atoms. The fourth-order valence-corrected chi connectivity index (χ4v) is 1.96. The molecule has 0 amide bonds. The second-order valence-electron chi connectivity index (χ2n) is 4.57. The van der Waals surface area contributed by atoms with Crippen molar-refractivity contribution in [2.24, 2.45) is 5.73 Å². The predicted octanol–water partition coefficient (Wildman–Crippen LogP) is 3.56. The van der Waals surface area contributed by atoms with Gasteiger partial charge in [-0.3, -0.25) is 0 Å². The zero-order valence-electron chi connectivity index (χ0n) is 9.39. The van der Waals surface area contributed by atoms with Crippen LogP contribution in [-0.2, 0) is 0 Å². The highest BCUT2D eigenvalue weighted by atomic mass is 14.6. The third-order valence-electron chi connectivity index (χ3n) is 2.85. The largest absolute Gasteiger partial charge is 0.327 e. The van der Waals surface area contributed by atoms with Crippen molar-refractivity contribution >= 4 is 0 Å². The minimum Gasteiger partial charge on any atom is -0.327 e. The van der Waals surface area contributed by atoms with Gasteiger partial charge in [0.2, 0.25) is 0 Å². The number of hydrogen-bond donors (Lipinski definition) is 1. The Morgan fingerprint density at radius 1 is 1.57 bits per heavy atom. The van der Waals surface area contributed by atoms with E-state index in [1.165, 1.54) is 31.3 Å². The quantitative estimate of drug-likeness (QED) is 0.664. The molecule has 0 heterocycles. The SMILES string of the molecule is C=C(C)CCC(N)CC1=CCCCC1. The van der Waals surface area contributed by atoms with Gasteiger partial charge in [0.1, 0.15) is 0 Å². The zero-order chi connectivity index (χ0) is 10.4. The van der Waals surface area contributed by atoms with Gasteiger partial charge in [-0.15, -0.1) is 6.58 Å². The molecule has 2 N–H and O–H groups in total. The molecule has 1 unspecified atom stereocenters. The monoisotopic (exact) mass is 193 g/mol. The summed E-state index contributed by atoms with van der Waals surface area (Å²) in [4.78, 5) is 0. The summed E-state index contributed by atoms with van der Waals surface area (Å²) in [5, 5.41) is 0. The molecule has 0 fully saturated rings. The molecule has 0 aromatic heterocycles. The maximum absolute atomic E-state index is 6.07. The van der Waals surface area contributed by atoms with Crippen LogP contribution in [0.2, 0.25) is 0 Å². The zero-order valence-corrected chi connectivity index (χ0v) is 9.39. The van der Waals surface area contributed by atoms with Crippen LogP contribution in [0.1, 0.15) is 51.9 Å². The molecular formula is C13H23N. The van der Waals surface area contributed by atoms with Crippen LogP contribution in [0.5, 0.6) is 0 Å². The lowest BCUT2D eigenvalue weighted by molar-refractivity contribution is 0.574. The Labute approximate surface area is 88.1 Å². The average molecular weight is 193 g/mol. The van der Waals surface area contributed by atoms with Gasteiger partial charge >= 0.3 is 0 Å². The fraction of sp³-hybridized carbons (Fsp3) is 0.692. The molecule has 0 aromatic rings. The van der Waals surface area contributed by atoms with Crippen molar-refractivity contribution in [3.8, 4) is 0 Å². The van der Waals surface area contributed by atoms with Gasteiger partial charge in [0.25, 0.3) is 0 Å². The van der Waals surface area contributed by atoms with E-state index >= 15 is 0 Å². The van der Waals surface area contributed by atoms with Crippen LogP contribution in [0.3, 0.4) is 0 Å². The maximum Gasteiger partial charge on any atom is 0.00791 e. The number of nitrogens with two attached hydrogens (primary N) is 1. The molecular weight excluding hydrogens is 170 g/mol. The minimum atomic E-state index is 0.344. The molecule has 0 aliphatic heterocycles. The molecule has 80 valence electrons. The molecule has 1 aliphatic carbocycles. The van der Waals surface area contributed by atoms with Gasteiger partial charge < -0.3 is 5.73 Å². The van der Waals surface area contributed by atoms with E-state index in [1.807, 2.05) is 0 Å². The van der Waals surface area contributed by atoms with Crippen molar-refractivity contribution < 1.29 is 0 Å². The van der Waals surface area contributed by atoms with Crippen LogP contribution in [0, 0.1) is 0 Å². The summed E-state index contributed by atoms with van der Waals surface area (Å²) >= 11 is 0. The standard InChI is InChI=1S/C13H23N/c1-11(2)8-9-13(14)10-12-6-4-3-5-7-12/h6,13H,1,3-5,7-10,14H2,2H3. The Bertz CT molecular complexity index is 215. The van der Waals surface area contributed by atoms with Gasteiger partial charge in [0.15, 0.2) is 0 Å². The molecule has 0 radical (unpaired) electrons. The predicted molar refractivity (Wildman–Crippen MR) is 63.2 cm³/mol. The molecule has 1 aliphatic rings. The number of rotatable bonds is 5. The van der Waals surface area contributed by atoms with E-state index in [1.54, 1.807) is 5.57 Å². The van der Waals surface area contributed by atoms with E-state index in [2.05, 4.69) is 19.6 Å². The normalized spacial score (nSPS) is 18.9. The smallest absolute Gasteiger partial charge is 0.00791 e. The summed E-state index contributed by atoms with van der Waals surface area (Å²) in [7, 11) is 0. The highest BCUT2D eigenvalue weighted by molar-refractivity contribution is 5.07. The first-order valence-corrected chi connectivity index (χ1v) is 5.76. The van der Waals surface area contributed by atoms with Gasteiger partial charge in [0, 0.05) is 6.04 Å². The summed E-state index contributed by atoms with van der Waals surface area (Å²) < 4.78 is 0. The molecule has 1 heteroatoms. The second kappa shape index (κ2) is 6.02. The third-order valence-corrected chi connectivity index (χ3v) is 2.85. The minimum absolute atomic E-state index is 0.344.